The van der Waals surface area contributed by atoms with Crippen LogP contribution in [0.5, 0.6) is 17.2 Å². The van der Waals surface area contributed by atoms with E-state index in [0.717, 1.165) is 5.56 Å². The molecule has 0 spiro atoms. The van der Waals surface area contributed by atoms with Crippen LogP contribution in [0.4, 0.5) is 13.2 Å². The van der Waals surface area contributed by atoms with E-state index in [1.807, 2.05) is 6.07 Å². The second-order valence-electron chi connectivity index (χ2n) is 6.14. The molecule has 2 aromatic rings. The van der Waals surface area contributed by atoms with Crippen molar-refractivity contribution in [3.8, 4) is 17.2 Å². The number of fused-ring (bicyclic) bond motifs is 1. The lowest BCUT2D eigenvalue weighted by Gasteiger charge is -2.29. The molecule has 0 radical (unpaired) electrons. The summed E-state index contributed by atoms with van der Waals surface area (Å²) in [5, 5.41) is 0. The van der Waals surface area contributed by atoms with E-state index in [4.69, 9.17) is 14.2 Å². The smallest absolute Gasteiger partial charge is 0.451 e. The zero-order chi connectivity index (χ0) is 19.6. The van der Waals surface area contributed by atoms with Gasteiger partial charge in [-0.15, -0.1) is 0 Å². The highest BCUT2D eigenvalue weighted by molar-refractivity contribution is 5.50. The number of alkyl halides is 3. The maximum Gasteiger partial charge on any atom is 0.451 e. The van der Waals surface area contributed by atoms with Gasteiger partial charge in [-0.25, -0.2) is 9.97 Å². The fraction of sp³-hybridized carbons (Fsp3) is 0.444. The Bertz CT molecular complexity index is 827. The van der Waals surface area contributed by atoms with E-state index in [1.165, 1.54) is 6.20 Å². The van der Waals surface area contributed by atoms with Gasteiger partial charge >= 0.3 is 6.18 Å². The molecular weight excluding hydrogens is 363 g/mol. The topological polar surface area (TPSA) is 56.7 Å². The third-order valence-corrected chi connectivity index (χ3v) is 4.45. The van der Waals surface area contributed by atoms with Gasteiger partial charge in [0.2, 0.25) is 5.82 Å². The molecule has 2 heterocycles. The Balaban J connectivity index is 1.80. The molecular formula is C18H20F3N3O3. The van der Waals surface area contributed by atoms with Crippen molar-refractivity contribution in [2.75, 3.05) is 27.9 Å². The number of hydrogen-bond acceptors (Lipinski definition) is 6. The second kappa shape index (κ2) is 7.59. The van der Waals surface area contributed by atoms with Crippen molar-refractivity contribution in [3.05, 3.63) is 41.0 Å². The van der Waals surface area contributed by atoms with Gasteiger partial charge in [0.05, 0.1) is 27.0 Å². The van der Waals surface area contributed by atoms with Crippen molar-refractivity contribution >= 4 is 0 Å². The number of methoxy groups -OCH3 is 3. The predicted molar refractivity (Wildman–Crippen MR) is 91.0 cm³/mol. The van der Waals surface area contributed by atoms with Crippen LogP contribution < -0.4 is 14.2 Å². The predicted octanol–water partition coefficient (Wildman–Crippen LogP) is 3.08. The molecule has 0 saturated carbocycles. The molecule has 27 heavy (non-hydrogen) atoms. The van der Waals surface area contributed by atoms with Crippen LogP contribution in [-0.4, -0.2) is 42.7 Å². The normalized spacial score (nSPS) is 14.6. The summed E-state index contributed by atoms with van der Waals surface area (Å²) >= 11 is 0. The van der Waals surface area contributed by atoms with Crippen molar-refractivity contribution in [1.82, 2.24) is 14.9 Å². The lowest BCUT2D eigenvalue weighted by molar-refractivity contribution is -0.145. The molecule has 0 fully saturated rings. The number of hydrogen-bond donors (Lipinski definition) is 0. The molecule has 0 saturated heterocycles. The summed E-state index contributed by atoms with van der Waals surface area (Å²) in [7, 11) is 4.68. The molecule has 9 heteroatoms. The zero-order valence-corrected chi connectivity index (χ0v) is 15.3. The first-order chi connectivity index (χ1) is 12.9. The third-order valence-electron chi connectivity index (χ3n) is 4.45. The van der Waals surface area contributed by atoms with E-state index < -0.39 is 12.0 Å². The average molecular weight is 383 g/mol. The summed E-state index contributed by atoms with van der Waals surface area (Å²) in [4.78, 5) is 9.25. The Labute approximate surface area is 154 Å². The first kappa shape index (κ1) is 19.2. The molecule has 0 amide bonds. The molecule has 6 nitrogen and oxygen atoms in total. The molecule has 146 valence electrons. The minimum atomic E-state index is -4.53. The zero-order valence-electron chi connectivity index (χ0n) is 15.3. The number of ether oxygens (including phenoxy) is 3. The van der Waals surface area contributed by atoms with Gasteiger partial charge in [-0.05, 0) is 6.07 Å². The maximum atomic E-state index is 12.8. The molecule has 0 unspecified atom stereocenters. The highest BCUT2D eigenvalue weighted by atomic mass is 19.4. The lowest BCUT2D eigenvalue weighted by atomic mass is 10.1. The summed E-state index contributed by atoms with van der Waals surface area (Å²) < 4.78 is 54.4. The van der Waals surface area contributed by atoms with Crippen molar-refractivity contribution in [2.24, 2.45) is 0 Å². The fourth-order valence-corrected chi connectivity index (χ4v) is 3.10. The van der Waals surface area contributed by atoms with Crippen LogP contribution in [0.25, 0.3) is 0 Å². The van der Waals surface area contributed by atoms with Crippen molar-refractivity contribution in [3.63, 3.8) is 0 Å². The quantitative estimate of drug-likeness (QED) is 0.791. The Kier molecular flexibility index (Phi) is 5.41. The number of aromatic nitrogens is 2. The van der Waals surface area contributed by atoms with E-state index >= 15 is 0 Å². The highest BCUT2D eigenvalue weighted by Gasteiger charge is 2.35. The molecule has 1 aliphatic heterocycles. The lowest BCUT2D eigenvalue weighted by Crippen LogP contribution is -2.31. The van der Waals surface area contributed by atoms with Crippen molar-refractivity contribution < 1.29 is 27.4 Å². The average Bonchev–Trinajstić information content (AvgIpc) is 2.66. The molecule has 1 aromatic carbocycles. The fourth-order valence-electron chi connectivity index (χ4n) is 3.10. The molecule has 0 aliphatic carbocycles. The van der Waals surface area contributed by atoms with Gasteiger partial charge in [0.1, 0.15) is 5.75 Å². The number of nitrogens with zero attached hydrogens (tertiary/aromatic N) is 3. The number of halogens is 3. The molecule has 1 aromatic heterocycles. The Morgan fingerprint density at radius 1 is 1.04 bits per heavy atom. The second-order valence-corrected chi connectivity index (χ2v) is 6.14. The van der Waals surface area contributed by atoms with Crippen molar-refractivity contribution in [2.45, 2.75) is 25.7 Å². The Morgan fingerprint density at radius 2 is 1.70 bits per heavy atom. The van der Waals surface area contributed by atoms with Crippen LogP contribution in [0.15, 0.2) is 18.3 Å². The van der Waals surface area contributed by atoms with E-state index in [2.05, 4.69) is 14.9 Å². The monoisotopic (exact) mass is 383 g/mol. The highest BCUT2D eigenvalue weighted by Crippen LogP contribution is 2.36. The van der Waals surface area contributed by atoms with Gasteiger partial charge in [0.25, 0.3) is 0 Å². The largest absolute Gasteiger partial charge is 0.496 e. The van der Waals surface area contributed by atoms with E-state index in [-0.39, 0.29) is 0 Å². The molecule has 0 bridgehead atoms. The van der Waals surface area contributed by atoms with Crippen molar-refractivity contribution in [1.29, 1.82) is 0 Å². The molecule has 3 rings (SSSR count). The van der Waals surface area contributed by atoms with Crippen LogP contribution in [-0.2, 0) is 25.7 Å². The minimum Gasteiger partial charge on any atom is -0.496 e. The maximum absolute atomic E-state index is 12.8. The van der Waals surface area contributed by atoms with Crippen LogP contribution >= 0.6 is 0 Å². The van der Waals surface area contributed by atoms with Gasteiger partial charge < -0.3 is 14.2 Å². The van der Waals surface area contributed by atoms with Gasteiger partial charge in [-0.2, -0.15) is 13.2 Å². The standard InChI is InChI=1S/C18H20F3N3O3/c1-25-14-7-16(27-3)15(26-2)6-11(14)9-24-5-4-13-12(10-24)8-22-17(23-13)18(19,20)21/h6-8H,4-5,9-10H2,1-3H3. The minimum absolute atomic E-state index is 0.427. The van der Waals surface area contributed by atoms with Gasteiger partial charge in [0.15, 0.2) is 11.5 Å². The first-order valence-corrected chi connectivity index (χ1v) is 8.29. The number of rotatable bonds is 5. The molecule has 1 aliphatic rings. The van der Waals surface area contributed by atoms with Crippen LogP contribution in [0.2, 0.25) is 0 Å². The summed E-state index contributed by atoms with van der Waals surface area (Å²) in [5.74, 6) is 0.720. The molecule has 0 N–H and O–H groups in total. The number of benzene rings is 1. The summed E-state index contributed by atoms with van der Waals surface area (Å²) in [6.07, 6.45) is -2.83. The van der Waals surface area contributed by atoms with Gasteiger partial charge in [-0.3, -0.25) is 4.90 Å². The van der Waals surface area contributed by atoms with Gasteiger partial charge in [-0.1, -0.05) is 0 Å². The van der Waals surface area contributed by atoms with Crippen LogP contribution in [0.1, 0.15) is 22.6 Å². The Morgan fingerprint density at radius 3 is 2.33 bits per heavy atom. The van der Waals surface area contributed by atoms with Crippen LogP contribution in [0, 0.1) is 0 Å². The third kappa shape index (κ3) is 4.08. The van der Waals surface area contributed by atoms with E-state index in [9.17, 15) is 13.2 Å². The summed E-state index contributed by atoms with van der Waals surface area (Å²) in [6.45, 7) is 1.59. The van der Waals surface area contributed by atoms with Gasteiger partial charge in [0, 0.05) is 49.4 Å². The summed E-state index contributed by atoms with van der Waals surface area (Å²) in [6, 6.07) is 3.60. The molecule has 0 atom stereocenters. The van der Waals surface area contributed by atoms with Crippen LogP contribution in [0.3, 0.4) is 0 Å². The summed E-state index contributed by atoms with van der Waals surface area (Å²) in [5.41, 5.74) is 2.05. The Hall–Kier alpha value is -2.55. The van der Waals surface area contributed by atoms with E-state index in [0.29, 0.717) is 54.6 Å². The van der Waals surface area contributed by atoms with E-state index in [1.54, 1.807) is 27.4 Å². The first-order valence-electron chi connectivity index (χ1n) is 8.29. The SMILES string of the molecule is COc1cc(OC)c(OC)cc1CN1CCc2nc(C(F)(F)F)ncc2C1.